The second kappa shape index (κ2) is 11.1. The minimum atomic E-state index is -0.891. The Morgan fingerprint density at radius 3 is 2.63 bits per heavy atom. The molecule has 7 nitrogen and oxygen atoms in total. The van der Waals surface area contributed by atoms with Gasteiger partial charge in [0.05, 0.1) is 39.9 Å². The normalized spacial score (nSPS) is 30.3. The summed E-state index contributed by atoms with van der Waals surface area (Å²) in [5.74, 6) is -2.50. The molecule has 1 N–H and O–H groups in total. The van der Waals surface area contributed by atoms with Gasteiger partial charge in [0.2, 0.25) is 5.91 Å². The Kier molecular flexibility index (Phi) is 8.36. The molecule has 3 saturated heterocycles. The second-order valence-electron chi connectivity index (χ2n) is 10.9. The van der Waals surface area contributed by atoms with E-state index < -0.39 is 34.6 Å². The summed E-state index contributed by atoms with van der Waals surface area (Å²) in [5, 5.41) is 10.7. The van der Waals surface area contributed by atoms with Crippen molar-refractivity contribution in [1.82, 2.24) is 4.90 Å². The van der Waals surface area contributed by atoms with Gasteiger partial charge in [-0.2, -0.15) is 0 Å². The highest BCUT2D eigenvalue weighted by Crippen LogP contribution is 2.69. The fourth-order valence-corrected chi connectivity index (χ4v) is 9.47. The van der Waals surface area contributed by atoms with Crippen LogP contribution in [0.1, 0.15) is 32.8 Å². The number of thioether (sulfide) groups is 1. The number of ether oxygens (including phenoxy) is 1. The molecule has 0 radical (unpaired) electrons. The fourth-order valence-electron chi connectivity index (χ4n) is 6.76. The van der Waals surface area contributed by atoms with Crippen LogP contribution in [0.15, 0.2) is 43.5 Å². The summed E-state index contributed by atoms with van der Waals surface area (Å²) >= 11 is 8.20. The number of benzene rings is 1. The third-order valence-electron chi connectivity index (χ3n) is 8.38. The van der Waals surface area contributed by atoms with Crippen molar-refractivity contribution >= 4 is 46.8 Å². The van der Waals surface area contributed by atoms with Crippen molar-refractivity contribution in [1.29, 1.82) is 0 Å². The van der Waals surface area contributed by atoms with E-state index in [1.165, 1.54) is 6.08 Å². The number of likely N-dealkylation sites (tertiary alicyclic amines) is 1. The van der Waals surface area contributed by atoms with Crippen molar-refractivity contribution in [2.24, 2.45) is 23.7 Å². The molecule has 3 heterocycles. The van der Waals surface area contributed by atoms with Crippen molar-refractivity contribution in [2.75, 3.05) is 24.7 Å². The van der Waals surface area contributed by atoms with Gasteiger partial charge in [0.15, 0.2) is 0 Å². The van der Waals surface area contributed by atoms with Crippen LogP contribution in [0.3, 0.4) is 0 Å². The van der Waals surface area contributed by atoms with Crippen LogP contribution in [-0.4, -0.2) is 69.6 Å². The van der Waals surface area contributed by atoms with Gasteiger partial charge in [0, 0.05) is 11.8 Å². The SMILES string of the molecule is C=CCOC(=O)[C@@H]1[C@@H]2CC(C)C3(S2)C(C(=O)N(CC=C)c2c(C)cccc2Cl)N([C@@H](CO)C(C)C)C(=O)[C@H]13. The number of esters is 1. The van der Waals surface area contributed by atoms with E-state index in [1.807, 2.05) is 32.9 Å². The number of carbonyl (C=O) groups excluding carboxylic acids is 3. The molecule has 1 aromatic rings. The first-order valence-corrected chi connectivity index (χ1v) is 14.4. The number of aliphatic hydroxyl groups excluding tert-OH is 1. The molecule has 0 saturated carbocycles. The first kappa shape index (κ1) is 28.7. The number of rotatable bonds is 10. The minimum Gasteiger partial charge on any atom is -0.461 e. The number of aliphatic hydroxyl groups is 1. The first-order chi connectivity index (χ1) is 18.1. The smallest absolute Gasteiger partial charge is 0.311 e. The van der Waals surface area contributed by atoms with E-state index in [9.17, 15) is 19.5 Å². The molecule has 206 valence electrons. The lowest BCUT2D eigenvalue weighted by Gasteiger charge is -2.43. The molecule has 7 atom stereocenters. The molecule has 3 aliphatic heterocycles. The number of hydrogen-bond acceptors (Lipinski definition) is 6. The zero-order valence-corrected chi connectivity index (χ0v) is 24.0. The third-order valence-corrected chi connectivity index (χ3v) is 10.8. The fraction of sp³-hybridized carbons (Fsp3) is 0.552. The van der Waals surface area contributed by atoms with Gasteiger partial charge in [-0.05, 0) is 36.8 Å². The monoisotopic (exact) mass is 560 g/mol. The number of nitrogens with zero attached hydrogens (tertiary/aromatic N) is 2. The number of amides is 2. The van der Waals surface area contributed by atoms with Gasteiger partial charge in [-0.15, -0.1) is 18.3 Å². The maximum atomic E-state index is 14.8. The molecule has 0 aromatic heterocycles. The lowest BCUT2D eigenvalue weighted by Crippen LogP contribution is -2.60. The summed E-state index contributed by atoms with van der Waals surface area (Å²) in [5.41, 5.74) is 1.39. The number of halogens is 1. The predicted molar refractivity (Wildman–Crippen MR) is 151 cm³/mol. The Hall–Kier alpha value is -2.29. The maximum absolute atomic E-state index is 14.8. The van der Waals surface area contributed by atoms with Gasteiger partial charge >= 0.3 is 5.97 Å². The maximum Gasteiger partial charge on any atom is 0.311 e. The lowest BCUT2D eigenvalue weighted by atomic mass is 9.66. The number of fused-ring (bicyclic) bond motifs is 1. The van der Waals surface area contributed by atoms with Crippen LogP contribution in [0.2, 0.25) is 5.02 Å². The van der Waals surface area contributed by atoms with Crippen molar-refractivity contribution in [2.45, 2.75) is 56.2 Å². The zero-order valence-electron chi connectivity index (χ0n) is 22.4. The number of para-hydroxylation sites is 1. The van der Waals surface area contributed by atoms with Crippen LogP contribution in [0.5, 0.6) is 0 Å². The van der Waals surface area contributed by atoms with Crippen molar-refractivity contribution in [3.8, 4) is 0 Å². The molecule has 3 fully saturated rings. The van der Waals surface area contributed by atoms with Crippen molar-refractivity contribution < 1.29 is 24.2 Å². The average molecular weight is 561 g/mol. The first-order valence-electron chi connectivity index (χ1n) is 13.1. The number of aryl methyl sites for hydroxylation is 1. The van der Waals surface area contributed by atoms with Crippen LogP contribution in [0, 0.1) is 30.6 Å². The molecule has 4 rings (SSSR count). The van der Waals surface area contributed by atoms with E-state index in [0.29, 0.717) is 17.1 Å². The summed E-state index contributed by atoms with van der Waals surface area (Å²) in [6.07, 6.45) is 3.84. The average Bonchev–Trinajstić information content (AvgIpc) is 3.46. The molecule has 9 heteroatoms. The van der Waals surface area contributed by atoms with E-state index in [1.54, 1.807) is 33.7 Å². The molecule has 38 heavy (non-hydrogen) atoms. The van der Waals surface area contributed by atoms with Crippen molar-refractivity contribution in [3.63, 3.8) is 0 Å². The molecule has 2 amide bonds. The zero-order chi connectivity index (χ0) is 27.9. The van der Waals surface area contributed by atoms with Crippen LogP contribution < -0.4 is 4.90 Å². The minimum absolute atomic E-state index is 0.0155. The summed E-state index contributed by atoms with van der Waals surface area (Å²) in [4.78, 5) is 45.5. The van der Waals surface area contributed by atoms with E-state index in [2.05, 4.69) is 20.1 Å². The molecular weight excluding hydrogens is 524 g/mol. The largest absolute Gasteiger partial charge is 0.461 e. The molecule has 2 bridgehead atoms. The van der Waals surface area contributed by atoms with Gasteiger partial charge in [-0.1, -0.05) is 63.2 Å². The van der Waals surface area contributed by atoms with Gasteiger partial charge in [0.1, 0.15) is 12.6 Å². The summed E-state index contributed by atoms with van der Waals surface area (Å²) in [6, 6.07) is 3.97. The van der Waals surface area contributed by atoms with Gasteiger partial charge in [-0.3, -0.25) is 14.4 Å². The number of carbonyl (C=O) groups is 3. The van der Waals surface area contributed by atoms with Crippen LogP contribution in [0.4, 0.5) is 5.69 Å². The molecule has 3 unspecified atom stereocenters. The number of hydrogen-bond donors (Lipinski definition) is 1. The second-order valence-corrected chi connectivity index (χ2v) is 12.8. The Bertz CT molecular complexity index is 1120. The highest BCUT2D eigenvalue weighted by molar-refractivity contribution is 8.02. The Labute approximate surface area is 234 Å². The lowest BCUT2D eigenvalue weighted by molar-refractivity contribution is -0.154. The van der Waals surface area contributed by atoms with E-state index in [0.717, 1.165) is 5.56 Å². The molecule has 1 spiro atoms. The molecule has 1 aromatic carbocycles. The molecular formula is C29H37ClN2O5S. The topological polar surface area (TPSA) is 87.2 Å². The highest BCUT2D eigenvalue weighted by Gasteiger charge is 2.77. The Balaban J connectivity index is 1.89. The standard InChI is InChI=1S/C29H37ClN2O5S/c1-7-12-31(24-17(5)10-9-11-19(24)30)27(35)25-29-18(6)14-21(38-29)22(28(36)37-13-8-2)23(29)26(34)32(25)20(15-33)16(3)4/h7-11,16,18,20-23,25,33H,1-2,12-15H2,3-6H3/t18?,20-,21-,22+,23-,25?,29?/m0/s1. The van der Waals surface area contributed by atoms with E-state index in [4.69, 9.17) is 16.3 Å². The van der Waals surface area contributed by atoms with Crippen LogP contribution in [-0.2, 0) is 19.1 Å². The van der Waals surface area contributed by atoms with Gasteiger partial charge in [-0.25, -0.2) is 0 Å². The Morgan fingerprint density at radius 1 is 1.34 bits per heavy atom. The molecule has 0 aliphatic carbocycles. The third kappa shape index (κ3) is 4.29. The van der Waals surface area contributed by atoms with Gasteiger partial charge in [0.25, 0.3) is 5.91 Å². The summed E-state index contributed by atoms with van der Waals surface area (Å²) < 4.78 is 4.61. The Morgan fingerprint density at radius 2 is 2.05 bits per heavy atom. The summed E-state index contributed by atoms with van der Waals surface area (Å²) in [6.45, 7) is 15.2. The van der Waals surface area contributed by atoms with Gasteiger partial charge < -0.3 is 19.6 Å². The van der Waals surface area contributed by atoms with Crippen LogP contribution >= 0.6 is 23.4 Å². The van der Waals surface area contributed by atoms with Crippen LogP contribution in [0.25, 0.3) is 0 Å². The van der Waals surface area contributed by atoms with E-state index in [-0.39, 0.29) is 48.7 Å². The van der Waals surface area contributed by atoms with E-state index >= 15 is 0 Å². The molecule has 3 aliphatic rings. The highest BCUT2D eigenvalue weighted by atomic mass is 35.5. The predicted octanol–water partition coefficient (Wildman–Crippen LogP) is 4.25. The van der Waals surface area contributed by atoms with Crippen molar-refractivity contribution in [3.05, 3.63) is 54.1 Å². The number of anilines is 1. The quantitative estimate of drug-likeness (QED) is 0.340. The summed E-state index contributed by atoms with van der Waals surface area (Å²) in [7, 11) is 0.